The minimum Gasteiger partial charge on any atom is -0.494 e. The lowest BCUT2D eigenvalue weighted by molar-refractivity contribution is -0.139. The van der Waals surface area contributed by atoms with Gasteiger partial charge in [-0.2, -0.15) is 0 Å². The van der Waals surface area contributed by atoms with Gasteiger partial charge in [-0.15, -0.1) is 0 Å². The standard InChI is InChI=1S/C14H21NO3/c1-10-7-11(2)9-13(8-10)18-6-4-5-15-12(3)14(16)17/h7-9,12,15H,4-6H2,1-3H3,(H,16,17)/t12-/m0/s1. The number of aliphatic carboxylic acids is 1. The van der Waals surface area contributed by atoms with Gasteiger partial charge in [0.15, 0.2) is 0 Å². The van der Waals surface area contributed by atoms with Gasteiger partial charge in [0.2, 0.25) is 0 Å². The molecule has 0 aromatic heterocycles. The van der Waals surface area contributed by atoms with Gasteiger partial charge in [0.05, 0.1) is 6.61 Å². The zero-order valence-corrected chi connectivity index (χ0v) is 11.2. The lowest BCUT2D eigenvalue weighted by atomic mass is 10.1. The number of carboxylic acids is 1. The Morgan fingerprint density at radius 3 is 2.50 bits per heavy atom. The molecule has 0 aliphatic heterocycles. The molecule has 18 heavy (non-hydrogen) atoms. The van der Waals surface area contributed by atoms with Gasteiger partial charge in [-0.1, -0.05) is 6.07 Å². The van der Waals surface area contributed by atoms with Gasteiger partial charge in [-0.05, 0) is 57.0 Å². The summed E-state index contributed by atoms with van der Waals surface area (Å²) < 4.78 is 5.62. The van der Waals surface area contributed by atoms with Crippen molar-refractivity contribution in [2.45, 2.75) is 33.2 Å². The van der Waals surface area contributed by atoms with E-state index in [0.29, 0.717) is 13.2 Å². The molecule has 0 amide bonds. The smallest absolute Gasteiger partial charge is 0.320 e. The van der Waals surface area contributed by atoms with Crippen molar-refractivity contribution in [2.75, 3.05) is 13.2 Å². The van der Waals surface area contributed by atoms with Gasteiger partial charge in [-0.25, -0.2) is 0 Å². The van der Waals surface area contributed by atoms with Crippen LogP contribution in [0.15, 0.2) is 18.2 Å². The van der Waals surface area contributed by atoms with Crippen LogP contribution in [-0.4, -0.2) is 30.3 Å². The molecule has 0 heterocycles. The van der Waals surface area contributed by atoms with Gasteiger partial charge in [0.1, 0.15) is 11.8 Å². The summed E-state index contributed by atoms with van der Waals surface area (Å²) in [5.74, 6) is 0.0454. The second kappa shape index (κ2) is 7.01. The lowest BCUT2D eigenvalue weighted by Gasteiger charge is -2.10. The summed E-state index contributed by atoms with van der Waals surface area (Å²) in [7, 11) is 0. The topological polar surface area (TPSA) is 58.6 Å². The average Bonchev–Trinajstić information content (AvgIpc) is 2.26. The number of hydrogen-bond donors (Lipinski definition) is 2. The monoisotopic (exact) mass is 251 g/mol. The molecule has 0 spiro atoms. The highest BCUT2D eigenvalue weighted by atomic mass is 16.5. The summed E-state index contributed by atoms with van der Waals surface area (Å²) in [5.41, 5.74) is 2.37. The van der Waals surface area contributed by atoms with Crippen molar-refractivity contribution in [2.24, 2.45) is 0 Å². The van der Waals surface area contributed by atoms with Gasteiger partial charge in [-0.3, -0.25) is 4.79 Å². The molecule has 1 aromatic carbocycles. The molecule has 1 aromatic rings. The van der Waals surface area contributed by atoms with Crippen LogP contribution in [0, 0.1) is 13.8 Å². The highest BCUT2D eigenvalue weighted by Gasteiger charge is 2.08. The van der Waals surface area contributed by atoms with Gasteiger partial charge in [0.25, 0.3) is 0 Å². The maximum atomic E-state index is 10.6. The molecule has 0 bridgehead atoms. The van der Waals surface area contributed by atoms with Crippen LogP contribution in [0.2, 0.25) is 0 Å². The van der Waals surface area contributed by atoms with E-state index < -0.39 is 12.0 Å². The molecular formula is C14H21NO3. The van der Waals surface area contributed by atoms with Gasteiger partial charge >= 0.3 is 5.97 Å². The van der Waals surface area contributed by atoms with E-state index in [1.54, 1.807) is 6.92 Å². The van der Waals surface area contributed by atoms with E-state index in [2.05, 4.69) is 11.4 Å². The van der Waals surface area contributed by atoms with Gasteiger partial charge in [0, 0.05) is 0 Å². The third-order valence-corrected chi connectivity index (χ3v) is 2.61. The third kappa shape index (κ3) is 5.19. The Bertz CT molecular complexity index is 384. The maximum absolute atomic E-state index is 10.6. The van der Waals surface area contributed by atoms with Crippen LogP contribution in [0.25, 0.3) is 0 Å². The van der Waals surface area contributed by atoms with Crippen molar-refractivity contribution in [3.05, 3.63) is 29.3 Å². The van der Waals surface area contributed by atoms with E-state index in [4.69, 9.17) is 9.84 Å². The fourth-order valence-electron chi connectivity index (χ4n) is 1.68. The second-order valence-corrected chi connectivity index (χ2v) is 4.54. The molecule has 0 unspecified atom stereocenters. The van der Waals surface area contributed by atoms with Crippen molar-refractivity contribution in [3.8, 4) is 5.75 Å². The predicted molar refractivity (Wildman–Crippen MR) is 71.1 cm³/mol. The Morgan fingerprint density at radius 1 is 1.33 bits per heavy atom. The van der Waals surface area contributed by atoms with Crippen LogP contribution in [0.3, 0.4) is 0 Å². The van der Waals surface area contributed by atoms with Crippen LogP contribution in [-0.2, 0) is 4.79 Å². The van der Waals surface area contributed by atoms with Crippen molar-refractivity contribution in [1.82, 2.24) is 5.32 Å². The number of nitrogens with one attached hydrogen (secondary N) is 1. The number of carboxylic acid groups (broad SMARTS) is 1. The highest BCUT2D eigenvalue weighted by Crippen LogP contribution is 2.16. The van der Waals surface area contributed by atoms with Crippen LogP contribution in [0.1, 0.15) is 24.5 Å². The molecule has 4 heteroatoms. The molecule has 0 aliphatic carbocycles. The highest BCUT2D eigenvalue weighted by molar-refractivity contribution is 5.72. The van der Waals surface area contributed by atoms with Crippen molar-refractivity contribution in [1.29, 1.82) is 0 Å². The van der Waals surface area contributed by atoms with E-state index in [1.165, 1.54) is 11.1 Å². The number of rotatable bonds is 7. The first-order valence-corrected chi connectivity index (χ1v) is 6.16. The Balaban J connectivity index is 2.23. The molecule has 0 fully saturated rings. The number of aryl methyl sites for hydroxylation is 2. The minimum absolute atomic E-state index is 0.508. The lowest BCUT2D eigenvalue weighted by Crippen LogP contribution is -2.34. The van der Waals surface area contributed by atoms with E-state index in [-0.39, 0.29) is 0 Å². The predicted octanol–water partition coefficient (Wildman–Crippen LogP) is 2.14. The first-order valence-electron chi connectivity index (χ1n) is 6.16. The Labute approximate surface area is 108 Å². The van der Waals surface area contributed by atoms with Crippen molar-refractivity contribution < 1.29 is 14.6 Å². The van der Waals surface area contributed by atoms with Gasteiger partial charge < -0.3 is 15.2 Å². The van der Waals surface area contributed by atoms with Crippen LogP contribution in [0.4, 0.5) is 0 Å². The normalized spacial score (nSPS) is 12.2. The number of benzene rings is 1. The molecule has 0 saturated heterocycles. The molecule has 2 N–H and O–H groups in total. The fourth-order valence-corrected chi connectivity index (χ4v) is 1.68. The molecule has 4 nitrogen and oxygen atoms in total. The minimum atomic E-state index is -0.828. The van der Waals surface area contributed by atoms with Crippen molar-refractivity contribution >= 4 is 5.97 Å². The summed E-state index contributed by atoms with van der Waals surface area (Å²) in [6, 6.07) is 5.59. The molecule has 0 radical (unpaired) electrons. The SMILES string of the molecule is Cc1cc(C)cc(OCCCN[C@@H](C)C(=O)O)c1. The molecule has 1 rings (SSSR count). The average molecular weight is 251 g/mol. The number of ether oxygens (including phenoxy) is 1. The second-order valence-electron chi connectivity index (χ2n) is 4.54. The summed E-state index contributed by atoms with van der Waals surface area (Å²) in [6.07, 6.45) is 0.782. The quantitative estimate of drug-likeness (QED) is 0.729. The molecule has 1 atom stereocenters. The number of carbonyl (C=O) groups is 1. The first kappa shape index (κ1) is 14.5. The first-order chi connectivity index (χ1) is 8.49. The zero-order chi connectivity index (χ0) is 13.5. The summed E-state index contributed by atoms with van der Waals surface area (Å²) in [5, 5.41) is 11.6. The Morgan fingerprint density at radius 2 is 1.94 bits per heavy atom. The largest absolute Gasteiger partial charge is 0.494 e. The van der Waals surface area contributed by atoms with Crippen molar-refractivity contribution in [3.63, 3.8) is 0 Å². The Kier molecular flexibility index (Phi) is 5.65. The van der Waals surface area contributed by atoms with Crippen LogP contribution >= 0.6 is 0 Å². The Hall–Kier alpha value is -1.55. The van der Waals surface area contributed by atoms with E-state index in [1.807, 2.05) is 26.0 Å². The van der Waals surface area contributed by atoms with E-state index in [9.17, 15) is 4.79 Å². The summed E-state index contributed by atoms with van der Waals surface area (Å²) in [4.78, 5) is 10.6. The van der Waals surface area contributed by atoms with E-state index >= 15 is 0 Å². The van der Waals surface area contributed by atoms with Crippen LogP contribution in [0.5, 0.6) is 5.75 Å². The molecular weight excluding hydrogens is 230 g/mol. The maximum Gasteiger partial charge on any atom is 0.320 e. The summed E-state index contributed by atoms with van der Waals surface area (Å²) >= 11 is 0. The zero-order valence-electron chi connectivity index (χ0n) is 11.2. The summed E-state index contributed by atoms with van der Waals surface area (Å²) in [6.45, 7) is 6.93. The number of hydrogen-bond acceptors (Lipinski definition) is 3. The molecule has 0 aliphatic rings. The fraction of sp³-hybridized carbons (Fsp3) is 0.500. The molecule has 100 valence electrons. The van der Waals surface area contributed by atoms with Crippen LogP contribution < -0.4 is 10.1 Å². The molecule has 0 saturated carbocycles. The van der Waals surface area contributed by atoms with E-state index in [0.717, 1.165) is 12.2 Å². The third-order valence-electron chi connectivity index (χ3n) is 2.61.